The number of esters is 2. The number of rotatable bonds is 8. The molecule has 0 aliphatic heterocycles. The van der Waals surface area contributed by atoms with Crippen LogP contribution in [0.5, 0.6) is 0 Å². The van der Waals surface area contributed by atoms with Gasteiger partial charge in [0.25, 0.3) is 0 Å². The number of benzene rings is 1. The van der Waals surface area contributed by atoms with Gasteiger partial charge in [-0.3, -0.25) is 19.7 Å². The van der Waals surface area contributed by atoms with Crippen molar-refractivity contribution in [3.8, 4) is 0 Å². The van der Waals surface area contributed by atoms with Gasteiger partial charge in [-0.15, -0.1) is 0 Å². The zero-order valence-electron chi connectivity index (χ0n) is 13.2. The topological polar surface area (TPSA) is 95.7 Å². The third-order valence-corrected chi connectivity index (χ3v) is 3.94. The van der Waals surface area contributed by atoms with E-state index in [9.17, 15) is 19.7 Å². The third-order valence-electron chi connectivity index (χ3n) is 3.20. The fourth-order valence-electron chi connectivity index (χ4n) is 2.20. The Balaban J connectivity index is 3.33. The van der Waals surface area contributed by atoms with E-state index >= 15 is 0 Å². The number of halogens is 2. The summed E-state index contributed by atoms with van der Waals surface area (Å²) in [4.78, 5) is 34.8. The molecule has 0 bridgehead atoms. The number of carbonyl (C=O) groups excluding carboxylic acids is 2. The van der Waals surface area contributed by atoms with Gasteiger partial charge >= 0.3 is 11.9 Å². The molecular weight excluding hydrogens is 361 g/mol. The van der Waals surface area contributed by atoms with Crippen LogP contribution in [0.2, 0.25) is 10.0 Å². The molecule has 0 N–H and O–H groups in total. The summed E-state index contributed by atoms with van der Waals surface area (Å²) in [6, 6.07) is 4.32. The number of hydrogen-bond acceptors (Lipinski definition) is 6. The van der Waals surface area contributed by atoms with Crippen LogP contribution in [0.1, 0.15) is 25.3 Å². The largest absolute Gasteiger partial charge is 0.465 e. The lowest BCUT2D eigenvalue weighted by Gasteiger charge is -2.22. The van der Waals surface area contributed by atoms with E-state index < -0.39 is 35.2 Å². The first kappa shape index (κ1) is 20.2. The van der Waals surface area contributed by atoms with Crippen molar-refractivity contribution in [1.29, 1.82) is 0 Å². The number of nitrogens with zero attached hydrogens (tertiary/aromatic N) is 1. The van der Waals surface area contributed by atoms with Gasteiger partial charge in [-0.25, -0.2) is 0 Å². The molecule has 0 saturated carbocycles. The Labute approximate surface area is 149 Å². The molecule has 9 heteroatoms. The Hall–Kier alpha value is -1.86. The van der Waals surface area contributed by atoms with Crippen LogP contribution in [-0.2, 0) is 19.1 Å². The molecule has 0 aliphatic rings. The molecule has 1 atom stereocenters. The van der Waals surface area contributed by atoms with E-state index in [0.717, 1.165) is 0 Å². The van der Waals surface area contributed by atoms with Crippen LogP contribution in [0.25, 0.3) is 0 Å². The van der Waals surface area contributed by atoms with Crippen LogP contribution >= 0.6 is 23.2 Å². The van der Waals surface area contributed by atoms with Gasteiger partial charge in [0.05, 0.1) is 29.2 Å². The maximum Gasteiger partial charge on any atom is 0.321 e. The molecule has 1 aromatic carbocycles. The molecule has 0 unspecified atom stereocenters. The van der Waals surface area contributed by atoms with E-state index in [4.69, 9.17) is 32.7 Å². The standard InChI is InChI=1S/C15H17Cl2NO6/c1-3-23-14(19)13(15(20)24-4-2)10(8-18(21)22)9-5-6-11(16)12(17)7-9/h5-7,10,13H,3-4,8H2,1-2H3/t10-/m0/s1. The van der Waals surface area contributed by atoms with E-state index in [1.807, 2.05) is 0 Å². The molecule has 0 radical (unpaired) electrons. The molecule has 24 heavy (non-hydrogen) atoms. The Morgan fingerprint density at radius 3 is 2.08 bits per heavy atom. The monoisotopic (exact) mass is 377 g/mol. The van der Waals surface area contributed by atoms with Crippen LogP contribution < -0.4 is 0 Å². The van der Waals surface area contributed by atoms with Crippen molar-refractivity contribution in [2.45, 2.75) is 19.8 Å². The summed E-state index contributed by atoms with van der Waals surface area (Å²) in [5, 5.41) is 11.5. The molecule has 0 aliphatic carbocycles. The fraction of sp³-hybridized carbons (Fsp3) is 0.467. The first-order valence-electron chi connectivity index (χ1n) is 7.21. The first-order valence-corrected chi connectivity index (χ1v) is 7.97. The second kappa shape index (κ2) is 9.44. The van der Waals surface area contributed by atoms with Crippen LogP contribution in [0.15, 0.2) is 18.2 Å². The summed E-state index contributed by atoms with van der Waals surface area (Å²) >= 11 is 11.8. The van der Waals surface area contributed by atoms with Crippen molar-refractivity contribution in [3.05, 3.63) is 43.9 Å². The summed E-state index contributed by atoms with van der Waals surface area (Å²) in [5.74, 6) is -4.32. The number of carbonyl (C=O) groups is 2. The zero-order chi connectivity index (χ0) is 18.3. The van der Waals surface area contributed by atoms with Gasteiger partial charge in [-0.1, -0.05) is 29.3 Å². The van der Waals surface area contributed by atoms with E-state index in [1.165, 1.54) is 18.2 Å². The van der Waals surface area contributed by atoms with Gasteiger partial charge in [0.2, 0.25) is 6.54 Å². The lowest BCUT2D eigenvalue weighted by atomic mass is 9.85. The SMILES string of the molecule is CCOC(=O)C(C(=O)OCC)[C@@H](C[N+](=O)[O-])c1ccc(Cl)c(Cl)c1. The van der Waals surface area contributed by atoms with E-state index in [2.05, 4.69) is 0 Å². The molecule has 0 amide bonds. The maximum atomic E-state index is 12.2. The summed E-state index contributed by atoms with van der Waals surface area (Å²) < 4.78 is 9.78. The van der Waals surface area contributed by atoms with Crippen LogP contribution in [0, 0.1) is 16.0 Å². The van der Waals surface area contributed by atoms with E-state index in [1.54, 1.807) is 13.8 Å². The number of hydrogen-bond donors (Lipinski definition) is 0. The Morgan fingerprint density at radius 2 is 1.67 bits per heavy atom. The van der Waals surface area contributed by atoms with Crippen molar-refractivity contribution in [2.24, 2.45) is 5.92 Å². The molecular formula is C15H17Cl2NO6. The number of ether oxygens (including phenoxy) is 2. The maximum absolute atomic E-state index is 12.2. The Morgan fingerprint density at radius 1 is 1.12 bits per heavy atom. The average molecular weight is 378 g/mol. The highest BCUT2D eigenvalue weighted by Crippen LogP contribution is 2.32. The minimum absolute atomic E-state index is 0.0291. The van der Waals surface area contributed by atoms with Gasteiger partial charge in [0, 0.05) is 4.92 Å². The molecule has 1 aromatic rings. The smallest absolute Gasteiger partial charge is 0.321 e. The van der Waals surface area contributed by atoms with Gasteiger partial charge in [0.1, 0.15) is 0 Å². The highest BCUT2D eigenvalue weighted by atomic mass is 35.5. The second-order valence-electron chi connectivity index (χ2n) is 4.78. The van der Waals surface area contributed by atoms with Crippen molar-refractivity contribution >= 4 is 35.1 Å². The third kappa shape index (κ3) is 5.35. The highest BCUT2D eigenvalue weighted by molar-refractivity contribution is 6.42. The summed E-state index contributed by atoms with van der Waals surface area (Å²) in [6.07, 6.45) is 0. The van der Waals surface area contributed by atoms with Gasteiger partial charge in [0.15, 0.2) is 5.92 Å². The zero-order valence-corrected chi connectivity index (χ0v) is 14.7. The molecule has 0 aromatic heterocycles. The van der Waals surface area contributed by atoms with Crippen LogP contribution in [-0.4, -0.2) is 36.6 Å². The molecule has 1 rings (SSSR count). The predicted molar refractivity (Wildman–Crippen MR) is 87.8 cm³/mol. The van der Waals surface area contributed by atoms with E-state index in [0.29, 0.717) is 5.56 Å². The van der Waals surface area contributed by atoms with Gasteiger partial charge in [-0.05, 0) is 31.5 Å². The minimum Gasteiger partial charge on any atom is -0.465 e. The fourth-order valence-corrected chi connectivity index (χ4v) is 2.50. The van der Waals surface area contributed by atoms with Crippen LogP contribution in [0.4, 0.5) is 0 Å². The van der Waals surface area contributed by atoms with Gasteiger partial charge < -0.3 is 9.47 Å². The van der Waals surface area contributed by atoms with Gasteiger partial charge in [-0.2, -0.15) is 0 Å². The summed E-state index contributed by atoms with van der Waals surface area (Å²) in [5.41, 5.74) is 0.326. The quantitative estimate of drug-likeness (QED) is 0.299. The molecule has 0 heterocycles. The van der Waals surface area contributed by atoms with Crippen molar-refractivity contribution in [3.63, 3.8) is 0 Å². The summed E-state index contributed by atoms with van der Waals surface area (Å²) in [7, 11) is 0. The summed E-state index contributed by atoms with van der Waals surface area (Å²) in [6.45, 7) is 2.53. The van der Waals surface area contributed by atoms with Crippen molar-refractivity contribution in [2.75, 3.05) is 19.8 Å². The lowest BCUT2D eigenvalue weighted by molar-refractivity contribution is -0.484. The Kier molecular flexibility index (Phi) is 7.94. The molecule has 0 saturated heterocycles. The first-order chi connectivity index (χ1) is 11.3. The minimum atomic E-state index is -1.47. The Bertz CT molecular complexity index is 604. The van der Waals surface area contributed by atoms with Crippen molar-refractivity contribution < 1.29 is 24.0 Å². The predicted octanol–water partition coefficient (Wildman–Crippen LogP) is 3.10. The molecule has 0 spiro atoms. The number of nitro groups is 1. The van der Waals surface area contributed by atoms with Crippen LogP contribution in [0.3, 0.4) is 0 Å². The van der Waals surface area contributed by atoms with Crippen molar-refractivity contribution in [1.82, 2.24) is 0 Å². The highest BCUT2D eigenvalue weighted by Gasteiger charge is 2.41. The normalized spacial score (nSPS) is 11.9. The molecule has 132 valence electrons. The molecule has 7 nitrogen and oxygen atoms in total. The lowest BCUT2D eigenvalue weighted by Crippen LogP contribution is -2.36. The second-order valence-corrected chi connectivity index (χ2v) is 5.59. The van der Waals surface area contributed by atoms with E-state index in [-0.39, 0.29) is 23.3 Å². The average Bonchev–Trinajstić information content (AvgIpc) is 2.49. The molecule has 0 fully saturated rings.